The minimum atomic E-state index is -0.284. The van der Waals surface area contributed by atoms with Crippen LogP contribution in [0.3, 0.4) is 0 Å². The van der Waals surface area contributed by atoms with Crippen LogP contribution in [0.2, 0.25) is 0 Å². The van der Waals surface area contributed by atoms with Gasteiger partial charge in [-0.1, -0.05) is 6.07 Å². The van der Waals surface area contributed by atoms with Crippen LogP contribution in [-0.2, 0) is 6.54 Å². The maximum absolute atomic E-state index is 12.3. The largest absolute Gasteiger partial charge is 0.330 e. The van der Waals surface area contributed by atoms with Crippen LogP contribution in [0.1, 0.15) is 12.8 Å². The molecule has 19 heavy (non-hydrogen) atoms. The molecule has 0 saturated heterocycles. The highest BCUT2D eigenvalue weighted by molar-refractivity contribution is 5.66. The van der Waals surface area contributed by atoms with Crippen LogP contribution in [-0.4, -0.2) is 20.5 Å². The molecule has 2 N–H and O–H groups in total. The molecule has 6 nitrogen and oxygen atoms in total. The molecule has 0 fully saturated rings. The molecule has 0 aliphatic heterocycles. The molecule has 0 amide bonds. The first-order valence-electron chi connectivity index (χ1n) is 6.27. The number of hydrogen-bond acceptors (Lipinski definition) is 4. The summed E-state index contributed by atoms with van der Waals surface area (Å²) < 4.78 is 2.89. The van der Waals surface area contributed by atoms with E-state index in [1.54, 1.807) is 22.6 Å². The van der Waals surface area contributed by atoms with Gasteiger partial charge in [-0.05, 0) is 31.5 Å². The molecule has 3 heterocycles. The zero-order valence-corrected chi connectivity index (χ0v) is 10.4. The maximum atomic E-state index is 12.3. The van der Waals surface area contributed by atoms with Gasteiger partial charge in [-0.15, -0.1) is 0 Å². The van der Waals surface area contributed by atoms with E-state index >= 15 is 0 Å². The number of imidazole rings is 1. The first-order valence-corrected chi connectivity index (χ1v) is 6.27. The van der Waals surface area contributed by atoms with Crippen molar-refractivity contribution in [2.75, 3.05) is 6.54 Å². The topological polar surface area (TPSA) is 82.4 Å². The molecule has 0 spiro atoms. The van der Waals surface area contributed by atoms with Crippen molar-refractivity contribution >= 4 is 16.7 Å². The summed E-state index contributed by atoms with van der Waals surface area (Å²) in [4.78, 5) is 28.8. The van der Waals surface area contributed by atoms with Gasteiger partial charge in [-0.25, -0.2) is 4.98 Å². The van der Waals surface area contributed by atoms with E-state index in [-0.39, 0.29) is 11.1 Å². The lowest BCUT2D eigenvalue weighted by Gasteiger charge is -2.07. The first-order chi connectivity index (χ1) is 9.24. The van der Waals surface area contributed by atoms with E-state index in [1.807, 2.05) is 0 Å². The molecule has 98 valence electrons. The highest BCUT2D eigenvalue weighted by Crippen LogP contribution is 2.09. The van der Waals surface area contributed by atoms with Gasteiger partial charge in [-0.2, -0.15) is 0 Å². The van der Waals surface area contributed by atoms with E-state index in [4.69, 9.17) is 5.73 Å². The summed E-state index contributed by atoms with van der Waals surface area (Å²) in [6.07, 6.45) is 3.03. The zero-order chi connectivity index (χ0) is 13.4. The lowest BCUT2D eigenvalue weighted by atomic mass is 10.3. The van der Waals surface area contributed by atoms with Crippen molar-refractivity contribution in [3.63, 3.8) is 0 Å². The lowest BCUT2D eigenvalue weighted by molar-refractivity contribution is 0.587. The van der Waals surface area contributed by atoms with Gasteiger partial charge in [0.2, 0.25) is 0 Å². The van der Waals surface area contributed by atoms with Crippen molar-refractivity contribution in [3.05, 3.63) is 45.1 Å². The SMILES string of the molecule is NCCCCn1c(=O)c2cccc3ncc(c1=O)n32. The van der Waals surface area contributed by atoms with Crippen LogP contribution in [0.4, 0.5) is 0 Å². The average molecular weight is 258 g/mol. The zero-order valence-electron chi connectivity index (χ0n) is 10.4. The summed E-state index contributed by atoms with van der Waals surface area (Å²) in [5.41, 5.74) is 6.43. The molecular formula is C13H14N4O2. The van der Waals surface area contributed by atoms with Gasteiger partial charge in [0.1, 0.15) is 16.7 Å². The average Bonchev–Trinajstić information content (AvgIpc) is 2.85. The van der Waals surface area contributed by atoms with E-state index < -0.39 is 0 Å². The van der Waals surface area contributed by atoms with Crippen molar-refractivity contribution in [1.29, 1.82) is 0 Å². The second-order valence-corrected chi connectivity index (χ2v) is 4.51. The Morgan fingerprint density at radius 2 is 1.89 bits per heavy atom. The summed E-state index contributed by atoms with van der Waals surface area (Å²) in [5, 5.41) is 0. The Kier molecular flexibility index (Phi) is 2.79. The molecule has 0 bridgehead atoms. The molecule has 0 radical (unpaired) electrons. The van der Waals surface area contributed by atoms with Crippen molar-refractivity contribution in [3.8, 4) is 0 Å². The summed E-state index contributed by atoms with van der Waals surface area (Å²) in [6.45, 7) is 0.959. The number of unbranched alkanes of at least 4 members (excludes halogenated alkanes) is 1. The standard InChI is InChI=1S/C13H14N4O2/c14-6-1-2-7-16-12(18)9-4-3-5-11-15-8-10(13(16)19)17(9)11/h3-5,8H,1-2,6-7,14H2. The Morgan fingerprint density at radius 3 is 2.68 bits per heavy atom. The third kappa shape index (κ3) is 1.72. The number of nitrogens with zero attached hydrogens (tertiary/aromatic N) is 3. The van der Waals surface area contributed by atoms with Crippen molar-refractivity contribution in [2.24, 2.45) is 5.73 Å². The molecule has 3 rings (SSSR count). The molecule has 0 aliphatic rings. The van der Waals surface area contributed by atoms with Gasteiger partial charge in [0.15, 0.2) is 0 Å². The minimum absolute atomic E-state index is 0.266. The molecule has 0 atom stereocenters. The van der Waals surface area contributed by atoms with Gasteiger partial charge < -0.3 is 5.73 Å². The van der Waals surface area contributed by atoms with E-state index in [0.29, 0.717) is 29.8 Å². The fraction of sp³-hybridized carbons (Fsp3) is 0.308. The number of hydrogen-bond donors (Lipinski definition) is 1. The predicted octanol–water partition coefficient (Wildman–Crippen LogP) is 0.186. The van der Waals surface area contributed by atoms with Gasteiger partial charge in [-0.3, -0.25) is 18.6 Å². The Labute approximate surface area is 108 Å². The second kappa shape index (κ2) is 4.47. The Balaban J connectivity index is 2.28. The van der Waals surface area contributed by atoms with E-state index in [1.165, 1.54) is 10.8 Å². The van der Waals surface area contributed by atoms with Gasteiger partial charge in [0, 0.05) is 6.54 Å². The van der Waals surface area contributed by atoms with Crippen LogP contribution in [0, 0.1) is 0 Å². The molecular weight excluding hydrogens is 244 g/mol. The molecule has 0 unspecified atom stereocenters. The maximum Gasteiger partial charge on any atom is 0.279 e. The summed E-state index contributed by atoms with van der Waals surface area (Å²) >= 11 is 0. The Bertz CT molecular complexity index is 834. The summed E-state index contributed by atoms with van der Waals surface area (Å²) in [5.74, 6) is 0. The number of pyridine rings is 1. The van der Waals surface area contributed by atoms with Gasteiger partial charge in [0.05, 0.1) is 6.20 Å². The minimum Gasteiger partial charge on any atom is -0.330 e. The van der Waals surface area contributed by atoms with Crippen LogP contribution in [0.25, 0.3) is 16.7 Å². The molecule has 0 aliphatic carbocycles. The van der Waals surface area contributed by atoms with Crippen LogP contribution >= 0.6 is 0 Å². The van der Waals surface area contributed by atoms with E-state index in [9.17, 15) is 9.59 Å². The second-order valence-electron chi connectivity index (χ2n) is 4.51. The summed E-state index contributed by atoms with van der Waals surface area (Å²) in [6, 6.07) is 5.26. The number of aromatic nitrogens is 3. The van der Waals surface area contributed by atoms with Crippen LogP contribution in [0.15, 0.2) is 34.0 Å². The molecule has 6 heteroatoms. The fourth-order valence-corrected chi connectivity index (χ4v) is 2.34. The molecule has 3 aromatic heterocycles. The quantitative estimate of drug-likeness (QED) is 0.677. The smallest absolute Gasteiger partial charge is 0.279 e. The summed E-state index contributed by atoms with van der Waals surface area (Å²) in [7, 11) is 0. The molecule has 0 aromatic carbocycles. The van der Waals surface area contributed by atoms with E-state index in [0.717, 1.165) is 12.8 Å². The third-order valence-corrected chi connectivity index (χ3v) is 3.29. The number of nitrogens with two attached hydrogens (primary N) is 1. The van der Waals surface area contributed by atoms with Crippen molar-refractivity contribution < 1.29 is 0 Å². The first kappa shape index (κ1) is 11.9. The van der Waals surface area contributed by atoms with Crippen molar-refractivity contribution in [2.45, 2.75) is 19.4 Å². The highest BCUT2D eigenvalue weighted by atomic mass is 16.2. The molecule has 3 aromatic rings. The Hall–Kier alpha value is -2.21. The van der Waals surface area contributed by atoms with Crippen LogP contribution < -0.4 is 16.9 Å². The Morgan fingerprint density at radius 1 is 1.11 bits per heavy atom. The monoisotopic (exact) mass is 258 g/mol. The fourth-order valence-electron chi connectivity index (χ4n) is 2.34. The molecule has 0 saturated carbocycles. The van der Waals surface area contributed by atoms with Gasteiger partial charge >= 0.3 is 0 Å². The van der Waals surface area contributed by atoms with Crippen LogP contribution in [0.5, 0.6) is 0 Å². The van der Waals surface area contributed by atoms with Crippen molar-refractivity contribution in [1.82, 2.24) is 14.0 Å². The highest BCUT2D eigenvalue weighted by Gasteiger charge is 2.13. The predicted molar refractivity (Wildman–Crippen MR) is 72.7 cm³/mol. The third-order valence-electron chi connectivity index (χ3n) is 3.29. The lowest BCUT2D eigenvalue weighted by Crippen LogP contribution is -2.35. The normalized spacial score (nSPS) is 11.6. The number of rotatable bonds is 4. The van der Waals surface area contributed by atoms with E-state index in [2.05, 4.69) is 4.98 Å². The van der Waals surface area contributed by atoms with Gasteiger partial charge in [0.25, 0.3) is 11.1 Å².